The summed E-state index contributed by atoms with van der Waals surface area (Å²) in [5.74, 6) is 0.967. The van der Waals surface area contributed by atoms with Crippen LogP contribution >= 0.6 is 0 Å². The Morgan fingerprint density at radius 1 is 1.32 bits per heavy atom. The van der Waals surface area contributed by atoms with Gasteiger partial charge in [-0.3, -0.25) is 9.69 Å². The number of carbonyl (C=O) groups is 1. The number of carbonyl (C=O) groups excluding carboxylic acids is 1. The number of amides is 1. The lowest BCUT2D eigenvalue weighted by Gasteiger charge is -2.22. The molecule has 1 atom stereocenters. The molecular formula is C21H25N5O2. The van der Waals surface area contributed by atoms with Crippen LogP contribution in [0.4, 0.5) is 0 Å². The summed E-state index contributed by atoms with van der Waals surface area (Å²) in [4.78, 5) is 19.6. The summed E-state index contributed by atoms with van der Waals surface area (Å²) < 4.78 is 7.17. The Hall–Kier alpha value is -2.93. The van der Waals surface area contributed by atoms with E-state index in [4.69, 9.17) is 4.42 Å². The summed E-state index contributed by atoms with van der Waals surface area (Å²) in [5.41, 5.74) is 1.94. The van der Waals surface area contributed by atoms with Gasteiger partial charge in [-0.25, -0.2) is 4.68 Å². The van der Waals surface area contributed by atoms with Gasteiger partial charge in [0, 0.05) is 12.6 Å². The maximum absolute atomic E-state index is 12.7. The van der Waals surface area contributed by atoms with Crippen molar-refractivity contribution < 1.29 is 9.21 Å². The van der Waals surface area contributed by atoms with Crippen LogP contribution in [0.5, 0.6) is 0 Å². The van der Waals surface area contributed by atoms with Gasteiger partial charge in [-0.2, -0.15) is 4.98 Å². The van der Waals surface area contributed by atoms with Gasteiger partial charge in [0.25, 0.3) is 5.91 Å². The molecule has 0 saturated carbocycles. The Balaban J connectivity index is 1.59. The first-order valence-corrected chi connectivity index (χ1v) is 9.76. The molecule has 0 radical (unpaired) electrons. The molecule has 4 rings (SSSR count). The molecule has 0 spiro atoms. The van der Waals surface area contributed by atoms with Crippen LogP contribution in [0.1, 0.15) is 35.9 Å². The maximum atomic E-state index is 12.7. The molecule has 3 heterocycles. The van der Waals surface area contributed by atoms with Gasteiger partial charge in [0.1, 0.15) is 0 Å². The Kier molecular flexibility index (Phi) is 5.25. The number of benzene rings is 1. The summed E-state index contributed by atoms with van der Waals surface area (Å²) in [6.45, 7) is 6.88. The highest BCUT2D eigenvalue weighted by atomic mass is 16.3. The number of likely N-dealkylation sites (N-methyl/N-ethyl adjacent to an activating group) is 1. The fraction of sp³-hybridized carbons (Fsp3) is 0.381. The molecule has 146 valence electrons. The second kappa shape index (κ2) is 7.98. The molecule has 1 aromatic carbocycles. The molecule has 1 saturated heterocycles. The van der Waals surface area contributed by atoms with Crippen molar-refractivity contribution in [2.24, 2.45) is 0 Å². The maximum Gasteiger partial charge on any atom is 0.291 e. The summed E-state index contributed by atoms with van der Waals surface area (Å²) in [5, 5.41) is 7.49. The third-order valence-corrected chi connectivity index (χ3v) is 5.20. The zero-order valence-corrected chi connectivity index (χ0v) is 16.3. The average Bonchev–Trinajstić information content (AvgIpc) is 3.45. The SMILES string of the molecule is CCN1CCC[C@H]1CNC(=O)c1nc(-c2ccco2)n(-c2cccc(C)c2)n1. The molecule has 0 bridgehead atoms. The van der Waals surface area contributed by atoms with Crippen molar-refractivity contribution in [1.82, 2.24) is 25.0 Å². The number of hydrogen-bond donors (Lipinski definition) is 1. The zero-order valence-electron chi connectivity index (χ0n) is 16.3. The second-order valence-corrected chi connectivity index (χ2v) is 7.12. The highest BCUT2D eigenvalue weighted by Crippen LogP contribution is 2.22. The summed E-state index contributed by atoms with van der Waals surface area (Å²) in [6.07, 6.45) is 3.87. The zero-order chi connectivity index (χ0) is 19.5. The number of aryl methyl sites for hydroxylation is 1. The van der Waals surface area contributed by atoms with E-state index >= 15 is 0 Å². The quantitative estimate of drug-likeness (QED) is 0.712. The molecule has 1 amide bonds. The third kappa shape index (κ3) is 3.71. The van der Waals surface area contributed by atoms with Crippen LogP contribution in [0.2, 0.25) is 0 Å². The summed E-state index contributed by atoms with van der Waals surface area (Å²) in [6, 6.07) is 11.9. The molecule has 1 aliphatic rings. The minimum atomic E-state index is -0.262. The van der Waals surface area contributed by atoms with Crippen LogP contribution in [0.15, 0.2) is 47.1 Å². The van der Waals surface area contributed by atoms with Crippen molar-refractivity contribution in [1.29, 1.82) is 0 Å². The van der Waals surface area contributed by atoms with E-state index in [1.165, 1.54) is 6.42 Å². The topological polar surface area (TPSA) is 76.2 Å². The van der Waals surface area contributed by atoms with Gasteiger partial charge in [-0.1, -0.05) is 19.1 Å². The van der Waals surface area contributed by atoms with Crippen LogP contribution in [0.25, 0.3) is 17.3 Å². The van der Waals surface area contributed by atoms with Crippen LogP contribution in [-0.4, -0.2) is 51.2 Å². The Morgan fingerprint density at radius 2 is 2.21 bits per heavy atom. The fourth-order valence-corrected chi connectivity index (χ4v) is 3.75. The lowest BCUT2D eigenvalue weighted by molar-refractivity contribution is 0.0931. The lowest BCUT2D eigenvalue weighted by atomic mass is 10.2. The van der Waals surface area contributed by atoms with Crippen LogP contribution < -0.4 is 5.32 Å². The van der Waals surface area contributed by atoms with Crippen molar-refractivity contribution in [3.05, 3.63) is 54.0 Å². The number of rotatable bonds is 6. The molecule has 1 fully saturated rings. The predicted octanol–water partition coefficient (Wildman–Crippen LogP) is 3.05. The molecule has 28 heavy (non-hydrogen) atoms. The van der Waals surface area contributed by atoms with Crippen molar-refractivity contribution >= 4 is 5.91 Å². The van der Waals surface area contributed by atoms with Gasteiger partial charge < -0.3 is 9.73 Å². The highest BCUT2D eigenvalue weighted by molar-refractivity contribution is 5.90. The Bertz CT molecular complexity index is 948. The fourth-order valence-electron chi connectivity index (χ4n) is 3.75. The molecule has 1 aliphatic heterocycles. The summed E-state index contributed by atoms with van der Waals surface area (Å²) >= 11 is 0. The first-order chi connectivity index (χ1) is 13.7. The molecule has 3 aromatic rings. The molecule has 7 nitrogen and oxygen atoms in total. The number of furan rings is 1. The van der Waals surface area contributed by atoms with Crippen molar-refractivity contribution in [3.8, 4) is 17.3 Å². The largest absolute Gasteiger partial charge is 0.461 e. The average molecular weight is 379 g/mol. The van der Waals surface area contributed by atoms with E-state index in [0.717, 1.165) is 30.8 Å². The number of likely N-dealkylation sites (tertiary alicyclic amines) is 1. The van der Waals surface area contributed by atoms with E-state index in [9.17, 15) is 4.79 Å². The highest BCUT2D eigenvalue weighted by Gasteiger charge is 2.25. The second-order valence-electron chi connectivity index (χ2n) is 7.12. The predicted molar refractivity (Wildman–Crippen MR) is 106 cm³/mol. The van der Waals surface area contributed by atoms with Gasteiger partial charge in [0.2, 0.25) is 5.82 Å². The van der Waals surface area contributed by atoms with E-state index in [0.29, 0.717) is 24.2 Å². The first kappa shape index (κ1) is 18.4. The monoisotopic (exact) mass is 379 g/mol. The molecule has 0 aliphatic carbocycles. The third-order valence-electron chi connectivity index (χ3n) is 5.20. The van der Waals surface area contributed by atoms with Crippen LogP contribution in [0.3, 0.4) is 0 Å². The van der Waals surface area contributed by atoms with Gasteiger partial charge >= 0.3 is 0 Å². The van der Waals surface area contributed by atoms with Gasteiger partial charge in [0.15, 0.2) is 11.6 Å². The minimum absolute atomic E-state index is 0.147. The molecule has 1 N–H and O–H groups in total. The molecular weight excluding hydrogens is 354 g/mol. The molecule has 0 unspecified atom stereocenters. The smallest absolute Gasteiger partial charge is 0.291 e. The Morgan fingerprint density at radius 3 is 2.96 bits per heavy atom. The first-order valence-electron chi connectivity index (χ1n) is 9.76. The molecule has 7 heteroatoms. The summed E-state index contributed by atoms with van der Waals surface area (Å²) in [7, 11) is 0. The Labute approximate surface area is 164 Å². The van der Waals surface area contributed by atoms with Gasteiger partial charge in [0.05, 0.1) is 12.0 Å². The molecule has 2 aromatic heterocycles. The van der Waals surface area contributed by atoms with E-state index in [2.05, 4.69) is 27.2 Å². The normalized spacial score (nSPS) is 17.1. The minimum Gasteiger partial charge on any atom is -0.461 e. The number of nitrogens with zero attached hydrogens (tertiary/aromatic N) is 4. The van der Waals surface area contributed by atoms with E-state index < -0.39 is 0 Å². The van der Waals surface area contributed by atoms with Crippen molar-refractivity contribution in [2.45, 2.75) is 32.7 Å². The van der Waals surface area contributed by atoms with E-state index in [-0.39, 0.29) is 11.7 Å². The number of hydrogen-bond acceptors (Lipinski definition) is 5. The van der Waals surface area contributed by atoms with Crippen molar-refractivity contribution in [2.75, 3.05) is 19.6 Å². The lowest BCUT2D eigenvalue weighted by Crippen LogP contribution is -2.40. The van der Waals surface area contributed by atoms with Gasteiger partial charge in [-0.05, 0) is 62.7 Å². The number of nitrogens with one attached hydrogen (secondary N) is 1. The van der Waals surface area contributed by atoms with Crippen LogP contribution in [-0.2, 0) is 0 Å². The number of aromatic nitrogens is 3. The van der Waals surface area contributed by atoms with E-state index in [1.807, 2.05) is 37.3 Å². The van der Waals surface area contributed by atoms with Crippen molar-refractivity contribution in [3.63, 3.8) is 0 Å². The van der Waals surface area contributed by atoms with Crippen LogP contribution in [0, 0.1) is 6.92 Å². The van der Waals surface area contributed by atoms with E-state index in [1.54, 1.807) is 17.0 Å². The standard InChI is InChI=1S/C21H25N5O2/c1-3-25-11-5-9-17(25)14-22-21(27)19-23-20(18-10-6-12-28-18)26(24-19)16-8-4-7-15(2)13-16/h4,6-8,10,12-13,17H,3,5,9,11,14H2,1-2H3,(H,22,27)/t17-/m0/s1. The van der Waals surface area contributed by atoms with Gasteiger partial charge in [-0.15, -0.1) is 5.10 Å².